The summed E-state index contributed by atoms with van der Waals surface area (Å²) in [5.74, 6) is 0.473. The van der Waals surface area contributed by atoms with Gasteiger partial charge in [-0.25, -0.2) is 0 Å². The zero-order valence-corrected chi connectivity index (χ0v) is 9.86. The van der Waals surface area contributed by atoms with E-state index in [-0.39, 0.29) is 18.0 Å². The Morgan fingerprint density at radius 1 is 1.53 bits per heavy atom. The van der Waals surface area contributed by atoms with Gasteiger partial charge in [-0.05, 0) is 19.3 Å². The first-order valence-corrected chi connectivity index (χ1v) is 5.86. The van der Waals surface area contributed by atoms with Crippen LogP contribution in [-0.2, 0) is 4.79 Å². The molecule has 3 nitrogen and oxygen atoms in total. The topological polar surface area (TPSA) is 44.1 Å². The van der Waals surface area contributed by atoms with Gasteiger partial charge in [-0.2, -0.15) is 5.26 Å². The van der Waals surface area contributed by atoms with Gasteiger partial charge in [-0.15, -0.1) is 0 Å². The van der Waals surface area contributed by atoms with Gasteiger partial charge in [0.1, 0.15) is 6.04 Å². The minimum absolute atomic E-state index is 0.154. The van der Waals surface area contributed by atoms with Crippen molar-refractivity contribution in [1.82, 2.24) is 4.90 Å². The maximum absolute atomic E-state index is 11.7. The maximum Gasteiger partial charge on any atom is 0.223 e. The Morgan fingerprint density at radius 3 is 2.47 bits per heavy atom. The van der Waals surface area contributed by atoms with E-state index in [1.165, 1.54) is 0 Å². The van der Waals surface area contributed by atoms with Crippen LogP contribution in [0.5, 0.6) is 0 Å². The van der Waals surface area contributed by atoms with E-state index in [0.717, 1.165) is 19.3 Å². The van der Waals surface area contributed by atoms with Crippen LogP contribution in [0.2, 0.25) is 0 Å². The molecule has 1 fully saturated rings. The lowest BCUT2D eigenvalue weighted by Gasteiger charge is -2.31. The van der Waals surface area contributed by atoms with Crippen LogP contribution in [-0.4, -0.2) is 22.9 Å². The molecule has 84 valence electrons. The quantitative estimate of drug-likeness (QED) is 0.711. The highest BCUT2D eigenvalue weighted by atomic mass is 16.2. The lowest BCUT2D eigenvalue weighted by molar-refractivity contribution is -0.130. The Kier molecular flexibility index (Phi) is 4.14. The predicted octanol–water partition coefficient (Wildman–Crippen LogP) is 2.33. The van der Waals surface area contributed by atoms with Gasteiger partial charge in [-0.1, -0.05) is 26.7 Å². The average molecular weight is 208 g/mol. The van der Waals surface area contributed by atoms with E-state index in [1.54, 1.807) is 4.90 Å². The van der Waals surface area contributed by atoms with Crippen molar-refractivity contribution in [3.63, 3.8) is 0 Å². The van der Waals surface area contributed by atoms with Gasteiger partial charge in [0.15, 0.2) is 0 Å². The third-order valence-electron chi connectivity index (χ3n) is 3.47. The number of carbonyl (C=O) groups is 1. The Bertz CT molecular complexity index is 265. The molecule has 3 heteroatoms. The molecule has 0 N–H and O–H groups in total. The van der Waals surface area contributed by atoms with Crippen molar-refractivity contribution in [2.24, 2.45) is 5.92 Å². The number of likely N-dealkylation sites (tertiary alicyclic amines) is 1. The first kappa shape index (κ1) is 12.0. The smallest absolute Gasteiger partial charge is 0.223 e. The second kappa shape index (κ2) is 5.16. The molecule has 1 saturated heterocycles. The average Bonchev–Trinajstić information content (AvgIpc) is 2.56. The molecule has 0 saturated carbocycles. The zero-order chi connectivity index (χ0) is 11.4. The van der Waals surface area contributed by atoms with Crippen molar-refractivity contribution in [3.8, 4) is 6.07 Å². The molecule has 2 atom stereocenters. The van der Waals surface area contributed by atoms with Crippen molar-refractivity contribution in [2.75, 3.05) is 0 Å². The minimum atomic E-state index is -0.218. The summed E-state index contributed by atoms with van der Waals surface area (Å²) in [4.78, 5) is 13.5. The Hall–Kier alpha value is -1.04. The summed E-state index contributed by atoms with van der Waals surface area (Å²) in [6.07, 6.45) is 3.44. The fraction of sp³-hybridized carbons (Fsp3) is 0.833. The summed E-state index contributed by atoms with van der Waals surface area (Å²) in [5.41, 5.74) is 0. The molecule has 0 spiro atoms. The van der Waals surface area contributed by atoms with Crippen LogP contribution in [0.4, 0.5) is 0 Å². The lowest BCUT2D eigenvalue weighted by Crippen LogP contribution is -2.44. The summed E-state index contributed by atoms with van der Waals surface area (Å²) in [5, 5.41) is 9.21. The second-order valence-corrected chi connectivity index (χ2v) is 4.34. The predicted molar refractivity (Wildman–Crippen MR) is 59.0 cm³/mol. The number of carbonyl (C=O) groups excluding carboxylic acids is 1. The number of hydrogen-bond acceptors (Lipinski definition) is 2. The van der Waals surface area contributed by atoms with Gasteiger partial charge in [0, 0.05) is 12.5 Å². The summed E-state index contributed by atoms with van der Waals surface area (Å²) < 4.78 is 0. The summed E-state index contributed by atoms with van der Waals surface area (Å²) in [6.45, 7) is 6.21. The molecule has 0 aromatic heterocycles. The van der Waals surface area contributed by atoms with Crippen LogP contribution in [0, 0.1) is 17.2 Å². The van der Waals surface area contributed by atoms with Crippen LogP contribution in [0.25, 0.3) is 0 Å². The van der Waals surface area contributed by atoms with E-state index in [9.17, 15) is 10.1 Å². The number of nitrogens with zero attached hydrogens (tertiary/aromatic N) is 2. The SMILES string of the molecule is CCC(CC)C(C#N)N1C(=O)CCC1C. The van der Waals surface area contributed by atoms with Gasteiger partial charge < -0.3 is 4.90 Å². The van der Waals surface area contributed by atoms with Gasteiger partial charge in [0.25, 0.3) is 0 Å². The molecule has 1 aliphatic rings. The van der Waals surface area contributed by atoms with Crippen LogP contribution in [0.1, 0.15) is 46.5 Å². The van der Waals surface area contributed by atoms with Crippen LogP contribution in [0.15, 0.2) is 0 Å². The van der Waals surface area contributed by atoms with E-state index in [4.69, 9.17) is 0 Å². The zero-order valence-electron chi connectivity index (χ0n) is 9.86. The summed E-state index contributed by atoms with van der Waals surface area (Å²) >= 11 is 0. The molecule has 15 heavy (non-hydrogen) atoms. The van der Waals surface area contributed by atoms with E-state index in [1.807, 2.05) is 6.92 Å². The number of amides is 1. The molecule has 0 bridgehead atoms. The summed E-state index contributed by atoms with van der Waals surface area (Å²) in [7, 11) is 0. The maximum atomic E-state index is 11.7. The summed E-state index contributed by atoms with van der Waals surface area (Å²) in [6, 6.07) is 2.33. The van der Waals surface area contributed by atoms with E-state index >= 15 is 0 Å². The standard InChI is InChI=1S/C12H20N2O/c1-4-10(5-2)11(8-13)14-9(3)6-7-12(14)15/h9-11H,4-7H2,1-3H3. The monoisotopic (exact) mass is 208 g/mol. The Balaban J connectivity index is 2.82. The van der Waals surface area contributed by atoms with Gasteiger partial charge in [-0.3, -0.25) is 4.79 Å². The number of hydrogen-bond donors (Lipinski definition) is 0. The third kappa shape index (κ3) is 2.31. The van der Waals surface area contributed by atoms with Crippen molar-refractivity contribution in [3.05, 3.63) is 0 Å². The van der Waals surface area contributed by atoms with Crippen LogP contribution in [0.3, 0.4) is 0 Å². The van der Waals surface area contributed by atoms with Gasteiger partial charge >= 0.3 is 0 Å². The highest BCUT2D eigenvalue weighted by Gasteiger charge is 2.36. The molecule has 0 aromatic rings. The molecular weight excluding hydrogens is 188 g/mol. The Labute approximate surface area is 92.1 Å². The van der Waals surface area contributed by atoms with Gasteiger partial charge in [0.05, 0.1) is 6.07 Å². The van der Waals surface area contributed by atoms with Crippen molar-refractivity contribution in [1.29, 1.82) is 5.26 Å². The number of rotatable bonds is 4. The Morgan fingerprint density at radius 2 is 2.13 bits per heavy atom. The molecule has 1 heterocycles. The van der Waals surface area contributed by atoms with E-state index in [2.05, 4.69) is 19.9 Å². The fourth-order valence-corrected chi connectivity index (χ4v) is 2.41. The lowest BCUT2D eigenvalue weighted by atomic mass is 9.93. The molecule has 1 amide bonds. The highest BCUT2D eigenvalue weighted by Crippen LogP contribution is 2.27. The van der Waals surface area contributed by atoms with Crippen molar-refractivity contribution >= 4 is 5.91 Å². The van der Waals surface area contributed by atoms with Gasteiger partial charge in [0.2, 0.25) is 5.91 Å². The first-order valence-electron chi connectivity index (χ1n) is 5.86. The van der Waals surface area contributed by atoms with Crippen LogP contribution >= 0.6 is 0 Å². The second-order valence-electron chi connectivity index (χ2n) is 4.34. The first-order chi connectivity index (χ1) is 7.15. The molecule has 1 aliphatic heterocycles. The molecule has 0 aromatic carbocycles. The highest BCUT2D eigenvalue weighted by molar-refractivity contribution is 5.79. The van der Waals surface area contributed by atoms with Crippen molar-refractivity contribution in [2.45, 2.75) is 58.5 Å². The molecular formula is C12H20N2O. The molecule has 1 rings (SSSR count). The van der Waals surface area contributed by atoms with E-state index < -0.39 is 0 Å². The number of nitriles is 1. The largest absolute Gasteiger partial charge is 0.324 e. The molecule has 2 unspecified atom stereocenters. The van der Waals surface area contributed by atoms with Crippen molar-refractivity contribution < 1.29 is 4.79 Å². The molecule has 0 radical (unpaired) electrons. The van der Waals surface area contributed by atoms with E-state index in [0.29, 0.717) is 12.3 Å². The van der Waals surface area contributed by atoms with Crippen LogP contribution < -0.4 is 0 Å². The third-order valence-corrected chi connectivity index (χ3v) is 3.47. The minimum Gasteiger partial charge on any atom is -0.324 e. The normalized spacial score (nSPS) is 23.3. The molecule has 0 aliphatic carbocycles. The fourth-order valence-electron chi connectivity index (χ4n) is 2.41.